The van der Waals surface area contributed by atoms with Crippen molar-refractivity contribution in [2.75, 3.05) is 19.0 Å². The number of anilines is 1. The van der Waals surface area contributed by atoms with Crippen LogP contribution in [-0.4, -0.2) is 35.6 Å². The third-order valence-electron chi connectivity index (χ3n) is 4.07. The Balaban J connectivity index is 1.50. The number of carbonyl (C=O) groups excluding carboxylic acids is 2. The van der Waals surface area contributed by atoms with Crippen LogP contribution >= 0.6 is 23.1 Å². The van der Waals surface area contributed by atoms with Crippen molar-refractivity contribution in [1.29, 1.82) is 0 Å². The molecular formula is C21H21N3O4S2. The minimum Gasteiger partial charge on any atom is -0.493 e. The third-order valence-corrected chi connectivity index (χ3v) is 5.93. The van der Waals surface area contributed by atoms with Gasteiger partial charge in [-0.15, -0.1) is 10.2 Å². The van der Waals surface area contributed by atoms with E-state index in [1.807, 2.05) is 24.3 Å². The van der Waals surface area contributed by atoms with Crippen molar-refractivity contribution < 1.29 is 19.1 Å². The maximum Gasteiger partial charge on any atom is 0.224 e. The van der Waals surface area contributed by atoms with Gasteiger partial charge < -0.3 is 14.8 Å². The van der Waals surface area contributed by atoms with Gasteiger partial charge in [0, 0.05) is 16.9 Å². The highest BCUT2D eigenvalue weighted by Gasteiger charge is 2.11. The summed E-state index contributed by atoms with van der Waals surface area (Å²) in [5.74, 6) is 0.903. The molecule has 1 amide bonds. The topological polar surface area (TPSA) is 90.4 Å². The van der Waals surface area contributed by atoms with E-state index in [-0.39, 0.29) is 11.7 Å². The summed E-state index contributed by atoms with van der Waals surface area (Å²) in [6.45, 7) is 1.85. The van der Waals surface area contributed by atoms with E-state index in [0.29, 0.717) is 36.5 Å². The number of ketones is 1. The van der Waals surface area contributed by atoms with Crippen LogP contribution in [0.15, 0.2) is 57.2 Å². The number of aromatic nitrogens is 2. The predicted molar refractivity (Wildman–Crippen MR) is 117 cm³/mol. The average molecular weight is 444 g/mol. The number of Topliss-reactive ketones (excluding diaryl/α,β-unsaturated/α-hetero) is 1. The molecular weight excluding hydrogens is 422 g/mol. The van der Waals surface area contributed by atoms with E-state index in [0.717, 1.165) is 14.9 Å². The number of nitrogens with one attached hydrogen (secondary N) is 1. The van der Waals surface area contributed by atoms with Crippen LogP contribution in [0.1, 0.15) is 30.1 Å². The maximum atomic E-state index is 12.4. The van der Waals surface area contributed by atoms with Crippen molar-refractivity contribution in [2.24, 2.45) is 0 Å². The summed E-state index contributed by atoms with van der Waals surface area (Å²) in [7, 11) is 1.52. The van der Waals surface area contributed by atoms with Crippen LogP contribution in [0.3, 0.4) is 0 Å². The monoisotopic (exact) mass is 443 g/mol. The van der Waals surface area contributed by atoms with Crippen molar-refractivity contribution in [3.63, 3.8) is 0 Å². The highest BCUT2D eigenvalue weighted by molar-refractivity contribution is 8.01. The van der Waals surface area contributed by atoms with Gasteiger partial charge in [0.05, 0.1) is 19.4 Å². The van der Waals surface area contributed by atoms with E-state index < -0.39 is 0 Å². The van der Waals surface area contributed by atoms with Crippen LogP contribution < -0.4 is 14.8 Å². The Morgan fingerprint density at radius 1 is 1.17 bits per heavy atom. The van der Waals surface area contributed by atoms with Gasteiger partial charge in [-0.25, -0.2) is 0 Å². The molecule has 0 radical (unpaired) electrons. The molecule has 0 saturated carbocycles. The number of carbonyl (C=O) groups is 2. The quantitative estimate of drug-likeness (QED) is 0.359. The lowest BCUT2D eigenvalue weighted by Crippen LogP contribution is -2.13. The molecule has 0 saturated heterocycles. The number of rotatable bonds is 10. The van der Waals surface area contributed by atoms with Crippen LogP contribution in [0.4, 0.5) is 5.69 Å². The largest absolute Gasteiger partial charge is 0.493 e. The van der Waals surface area contributed by atoms with Gasteiger partial charge in [-0.3, -0.25) is 9.59 Å². The second kappa shape index (κ2) is 10.7. The standard InChI is InChI=1S/C21H21N3O4S2/c1-14(25)15-9-10-17(18(12-15)27-2)28-11-5-8-20(26)23-16-6-3-4-7-19(16)30-21-24-22-13-29-21/h3-4,6-7,9-10,12-13H,5,8,11H2,1-2H3,(H,23,26). The van der Waals surface area contributed by atoms with E-state index in [4.69, 9.17) is 9.47 Å². The lowest BCUT2D eigenvalue weighted by molar-refractivity contribution is -0.116. The molecule has 0 bridgehead atoms. The summed E-state index contributed by atoms with van der Waals surface area (Å²) in [4.78, 5) is 24.7. The molecule has 3 rings (SSSR count). The smallest absolute Gasteiger partial charge is 0.224 e. The fourth-order valence-electron chi connectivity index (χ4n) is 2.59. The summed E-state index contributed by atoms with van der Waals surface area (Å²) < 4.78 is 11.8. The summed E-state index contributed by atoms with van der Waals surface area (Å²) in [6, 6.07) is 12.6. The first kappa shape index (κ1) is 21.8. The number of nitrogens with zero attached hydrogens (tertiary/aromatic N) is 2. The van der Waals surface area contributed by atoms with Gasteiger partial charge >= 0.3 is 0 Å². The summed E-state index contributed by atoms with van der Waals surface area (Å²) in [5.41, 5.74) is 2.97. The first-order valence-electron chi connectivity index (χ1n) is 9.21. The molecule has 2 aromatic carbocycles. The normalized spacial score (nSPS) is 10.5. The Hall–Kier alpha value is -2.91. The number of hydrogen-bond acceptors (Lipinski definition) is 8. The molecule has 0 fully saturated rings. The van der Waals surface area contributed by atoms with Crippen molar-refractivity contribution >= 4 is 40.5 Å². The van der Waals surface area contributed by atoms with Crippen molar-refractivity contribution in [1.82, 2.24) is 10.2 Å². The summed E-state index contributed by atoms with van der Waals surface area (Å²) in [5, 5.41) is 10.8. The van der Waals surface area contributed by atoms with Gasteiger partial charge in [0.15, 0.2) is 21.6 Å². The highest BCUT2D eigenvalue weighted by atomic mass is 32.2. The minimum atomic E-state index is -0.0946. The first-order valence-corrected chi connectivity index (χ1v) is 10.9. The van der Waals surface area contributed by atoms with Crippen molar-refractivity contribution in [3.8, 4) is 11.5 Å². The zero-order valence-corrected chi connectivity index (χ0v) is 18.2. The molecule has 0 spiro atoms. The van der Waals surface area contributed by atoms with Crippen LogP contribution in [0, 0.1) is 0 Å². The Labute approximate surface area is 182 Å². The fraction of sp³-hybridized carbons (Fsp3) is 0.238. The van der Waals surface area contributed by atoms with Crippen LogP contribution in [-0.2, 0) is 4.79 Å². The Morgan fingerprint density at radius 3 is 2.73 bits per heavy atom. The van der Waals surface area contributed by atoms with Gasteiger partial charge in [-0.05, 0) is 43.7 Å². The van der Waals surface area contributed by atoms with Crippen LogP contribution in [0.25, 0.3) is 0 Å². The predicted octanol–water partition coefficient (Wildman–Crippen LogP) is 4.70. The number of ether oxygens (including phenoxy) is 2. The number of para-hydroxylation sites is 1. The number of benzene rings is 2. The molecule has 1 aromatic heterocycles. The zero-order chi connectivity index (χ0) is 21.3. The molecule has 1 heterocycles. The number of amides is 1. The van der Waals surface area contributed by atoms with Gasteiger partial charge in [-0.2, -0.15) is 0 Å². The number of methoxy groups -OCH3 is 1. The van der Waals surface area contributed by atoms with Gasteiger partial charge in [0.25, 0.3) is 0 Å². The van der Waals surface area contributed by atoms with E-state index in [1.54, 1.807) is 23.7 Å². The lowest BCUT2D eigenvalue weighted by atomic mass is 10.1. The summed E-state index contributed by atoms with van der Waals surface area (Å²) >= 11 is 2.91. The molecule has 0 aliphatic rings. The van der Waals surface area contributed by atoms with E-state index in [2.05, 4.69) is 15.5 Å². The van der Waals surface area contributed by atoms with Crippen molar-refractivity contribution in [2.45, 2.75) is 29.0 Å². The van der Waals surface area contributed by atoms with Crippen LogP contribution in [0.2, 0.25) is 0 Å². The Kier molecular flexibility index (Phi) is 7.81. The first-order chi connectivity index (χ1) is 14.6. The third kappa shape index (κ3) is 6.04. The van der Waals surface area contributed by atoms with E-state index >= 15 is 0 Å². The Morgan fingerprint density at radius 2 is 2.00 bits per heavy atom. The van der Waals surface area contributed by atoms with E-state index in [9.17, 15) is 9.59 Å². The van der Waals surface area contributed by atoms with Crippen molar-refractivity contribution in [3.05, 3.63) is 53.5 Å². The lowest BCUT2D eigenvalue weighted by Gasteiger charge is -2.12. The molecule has 0 atom stereocenters. The Bertz CT molecular complexity index is 1010. The van der Waals surface area contributed by atoms with Gasteiger partial charge in [0.1, 0.15) is 5.51 Å². The molecule has 3 aromatic rings. The zero-order valence-electron chi connectivity index (χ0n) is 16.6. The maximum absolute atomic E-state index is 12.4. The molecule has 0 aliphatic carbocycles. The molecule has 0 unspecified atom stereocenters. The minimum absolute atomic E-state index is 0.0407. The highest BCUT2D eigenvalue weighted by Crippen LogP contribution is 2.34. The average Bonchev–Trinajstić information content (AvgIpc) is 3.25. The second-order valence-electron chi connectivity index (χ2n) is 6.22. The molecule has 156 valence electrons. The second-order valence-corrected chi connectivity index (χ2v) is 8.35. The SMILES string of the molecule is COc1cc(C(C)=O)ccc1OCCCC(=O)Nc1ccccc1Sc1nncs1. The van der Waals surface area contributed by atoms with Crippen LogP contribution in [0.5, 0.6) is 11.5 Å². The molecule has 0 aliphatic heterocycles. The molecule has 9 heteroatoms. The molecule has 7 nitrogen and oxygen atoms in total. The van der Waals surface area contributed by atoms with Gasteiger partial charge in [-0.1, -0.05) is 35.2 Å². The fourth-order valence-corrected chi connectivity index (χ4v) is 4.12. The molecule has 30 heavy (non-hydrogen) atoms. The van der Waals surface area contributed by atoms with E-state index in [1.165, 1.54) is 37.1 Å². The summed E-state index contributed by atoms with van der Waals surface area (Å²) in [6.07, 6.45) is 0.848. The molecule has 1 N–H and O–H groups in total. The number of hydrogen-bond donors (Lipinski definition) is 1. The van der Waals surface area contributed by atoms with Gasteiger partial charge in [0.2, 0.25) is 5.91 Å².